The van der Waals surface area contributed by atoms with Gasteiger partial charge in [-0.15, -0.1) is 0 Å². The van der Waals surface area contributed by atoms with Gasteiger partial charge in [-0.25, -0.2) is 9.59 Å². The van der Waals surface area contributed by atoms with Gasteiger partial charge in [0.25, 0.3) is 0 Å². The molecule has 0 radical (unpaired) electrons. The number of amides is 1. The van der Waals surface area contributed by atoms with Crippen molar-refractivity contribution in [2.24, 2.45) is 0 Å². The van der Waals surface area contributed by atoms with Crippen LogP contribution in [0.15, 0.2) is 0 Å². The summed E-state index contributed by atoms with van der Waals surface area (Å²) in [5.74, 6) is -0.324. The quantitative estimate of drug-likeness (QED) is 0.725. The maximum atomic E-state index is 12.2. The highest BCUT2D eigenvalue weighted by Crippen LogP contribution is 2.21. The third-order valence-electron chi connectivity index (χ3n) is 2.94. The summed E-state index contributed by atoms with van der Waals surface area (Å²) in [5, 5.41) is 0. The number of esters is 1. The maximum Gasteiger partial charge on any atom is 0.411 e. The lowest BCUT2D eigenvalue weighted by Gasteiger charge is -2.30. The molecule has 1 rings (SSSR count). The van der Waals surface area contributed by atoms with Crippen molar-refractivity contribution in [2.45, 2.75) is 65.0 Å². The van der Waals surface area contributed by atoms with Gasteiger partial charge < -0.3 is 9.47 Å². The van der Waals surface area contributed by atoms with Crippen LogP contribution in [-0.4, -0.2) is 41.8 Å². The fourth-order valence-corrected chi connectivity index (χ4v) is 2.13. The Balaban J connectivity index is 2.78. The molecular formula is C14H25NO4. The average Bonchev–Trinajstić information content (AvgIpc) is 2.52. The van der Waals surface area contributed by atoms with Gasteiger partial charge in [0.05, 0.1) is 6.61 Å². The smallest absolute Gasteiger partial charge is 0.411 e. The Labute approximate surface area is 115 Å². The third-order valence-corrected chi connectivity index (χ3v) is 2.94. The van der Waals surface area contributed by atoms with Crippen LogP contribution in [0.2, 0.25) is 0 Å². The van der Waals surface area contributed by atoms with Crippen LogP contribution >= 0.6 is 0 Å². The van der Waals surface area contributed by atoms with Crippen LogP contribution in [0.5, 0.6) is 0 Å². The Morgan fingerprint density at radius 1 is 1.21 bits per heavy atom. The summed E-state index contributed by atoms with van der Waals surface area (Å²) in [4.78, 5) is 25.7. The molecule has 1 amide bonds. The summed E-state index contributed by atoms with van der Waals surface area (Å²) in [5.41, 5.74) is -0.553. The van der Waals surface area contributed by atoms with Crippen LogP contribution < -0.4 is 0 Å². The van der Waals surface area contributed by atoms with Crippen molar-refractivity contribution in [3.05, 3.63) is 0 Å². The highest BCUT2D eigenvalue weighted by molar-refractivity contribution is 5.81. The Kier molecular flexibility index (Phi) is 5.63. The molecule has 5 nitrogen and oxygen atoms in total. The van der Waals surface area contributed by atoms with Crippen LogP contribution in [0.25, 0.3) is 0 Å². The molecule has 1 saturated heterocycles. The molecule has 0 aromatic rings. The molecule has 5 heteroatoms. The zero-order valence-electron chi connectivity index (χ0n) is 12.4. The Morgan fingerprint density at radius 3 is 2.47 bits per heavy atom. The average molecular weight is 271 g/mol. The molecule has 1 heterocycles. The van der Waals surface area contributed by atoms with Gasteiger partial charge in [0.1, 0.15) is 11.6 Å². The summed E-state index contributed by atoms with van der Waals surface area (Å²) in [6.45, 7) is 8.12. The maximum absolute atomic E-state index is 12.2. The number of hydrogen-bond donors (Lipinski definition) is 0. The molecule has 1 fully saturated rings. The second-order valence-corrected chi connectivity index (χ2v) is 5.79. The molecule has 0 aliphatic carbocycles. The monoisotopic (exact) mass is 271 g/mol. The lowest BCUT2D eigenvalue weighted by Crippen LogP contribution is -2.47. The van der Waals surface area contributed by atoms with Gasteiger partial charge in [0, 0.05) is 6.54 Å². The van der Waals surface area contributed by atoms with E-state index >= 15 is 0 Å². The van der Waals surface area contributed by atoms with Crippen molar-refractivity contribution in [3.63, 3.8) is 0 Å². The van der Waals surface area contributed by atoms with Crippen LogP contribution in [0, 0.1) is 0 Å². The van der Waals surface area contributed by atoms with Gasteiger partial charge in [0.2, 0.25) is 0 Å². The molecule has 1 unspecified atom stereocenters. The van der Waals surface area contributed by atoms with Gasteiger partial charge in [-0.1, -0.05) is 12.8 Å². The van der Waals surface area contributed by atoms with Crippen LogP contribution in [0.3, 0.4) is 0 Å². The normalized spacial score (nSPS) is 20.6. The SMILES string of the molecule is CCOC(=O)C1CCCCCN1C(=O)OC(C)(C)C. The minimum Gasteiger partial charge on any atom is -0.464 e. The minimum absolute atomic E-state index is 0.324. The molecule has 0 aromatic carbocycles. The molecule has 1 aliphatic rings. The van der Waals surface area contributed by atoms with Gasteiger partial charge in [0.15, 0.2) is 0 Å². The molecule has 1 aliphatic heterocycles. The Hall–Kier alpha value is -1.26. The standard InChI is InChI=1S/C14H25NO4/c1-5-18-12(16)11-9-7-6-8-10-15(11)13(17)19-14(2,3)4/h11H,5-10H2,1-4H3. The van der Waals surface area contributed by atoms with Crippen molar-refractivity contribution in [1.29, 1.82) is 0 Å². The molecular weight excluding hydrogens is 246 g/mol. The fraction of sp³-hybridized carbons (Fsp3) is 0.857. The van der Waals surface area contributed by atoms with E-state index in [0.717, 1.165) is 19.3 Å². The molecule has 0 aromatic heterocycles. The van der Waals surface area contributed by atoms with Gasteiger partial charge in [-0.2, -0.15) is 0 Å². The van der Waals surface area contributed by atoms with Crippen LogP contribution in [0.4, 0.5) is 4.79 Å². The Morgan fingerprint density at radius 2 is 1.89 bits per heavy atom. The zero-order chi connectivity index (χ0) is 14.5. The van der Waals surface area contributed by atoms with Gasteiger partial charge in [-0.3, -0.25) is 4.90 Å². The van der Waals surface area contributed by atoms with Crippen molar-refractivity contribution < 1.29 is 19.1 Å². The lowest BCUT2D eigenvalue weighted by molar-refractivity contribution is -0.149. The number of carbonyl (C=O) groups excluding carboxylic acids is 2. The molecule has 0 saturated carbocycles. The van der Waals surface area contributed by atoms with Crippen molar-refractivity contribution in [3.8, 4) is 0 Å². The summed E-state index contributed by atoms with van der Waals surface area (Å²) in [6.07, 6.45) is 3.08. The predicted molar refractivity (Wildman–Crippen MR) is 71.8 cm³/mol. The van der Waals surface area contributed by atoms with E-state index in [4.69, 9.17) is 9.47 Å². The van der Waals surface area contributed by atoms with E-state index in [0.29, 0.717) is 19.6 Å². The van der Waals surface area contributed by atoms with E-state index in [9.17, 15) is 9.59 Å². The number of nitrogens with zero attached hydrogens (tertiary/aromatic N) is 1. The molecule has 0 spiro atoms. The first-order valence-electron chi connectivity index (χ1n) is 7.01. The van der Waals surface area contributed by atoms with E-state index < -0.39 is 17.7 Å². The number of ether oxygens (including phenoxy) is 2. The van der Waals surface area contributed by atoms with Gasteiger partial charge in [-0.05, 0) is 40.5 Å². The lowest BCUT2D eigenvalue weighted by atomic mass is 10.1. The second-order valence-electron chi connectivity index (χ2n) is 5.79. The first-order valence-corrected chi connectivity index (χ1v) is 7.01. The summed E-state index contributed by atoms with van der Waals surface area (Å²) in [6, 6.07) is -0.503. The molecule has 1 atom stereocenters. The number of carbonyl (C=O) groups is 2. The van der Waals surface area contributed by atoms with Crippen LogP contribution in [0.1, 0.15) is 53.4 Å². The first-order chi connectivity index (χ1) is 8.85. The summed E-state index contributed by atoms with van der Waals surface area (Å²) < 4.78 is 10.4. The van der Waals surface area contributed by atoms with E-state index in [1.54, 1.807) is 6.92 Å². The minimum atomic E-state index is -0.553. The molecule has 0 bridgehead atoms. The molecule has 110 valence electrons. The van der Waals surface area contributed by atoms with Crippen molar-refractivity contribution in [2.75, 3.05) is 13.2 Å². The van der Waals surface area contributed by atoms with Crippen LogP contribution in [-0.2, 0) is 14.3 Å². The number of hydrogen-bond acceptors (Lipinski definition) is 4. The topological polar surface area (TPSA) is 55.8 Å². The van der Waals surface area contributed by atoms with E-state index in [1.165, 1.54) is 4.90 Å². The highest BCUT2D eigenvalue weighted by Gasteiger charge is 2.34. The number of rotatable bonds is 2. The second kappa shape index (κ2) is 6.78. The van der Waals surface area contributed by atoms with Crippen molar-refractivity contribution in [1.82, 2.24) is 4.90 Å². The number of likely N-dealkylation sites (tertiary alicyclic amines) is 1. The predicted octanol–water partition coefficient (Wildman–Crippen LogP) is 2.73. The summed E-state index contributed by atoms with van der Waals surface area (Å²) >= 11 is 0. The third kappa shape index (κ3) is 5.09. The van der Waals surface area contributed by atoms with E-state index in [1.807, 2.05) is 20.8 Å². The largest absolute Gasteiger partial charge is 0.464 e. The highest BCUT2D eigenvalue weighted by atomic mass is 16.6. The zero-order valence-corrected chi connectivity index (χ0v) is 12.4. The van der Waals surface area contributed by atoms with E-state index in [-0.39, 0.29) is 5.97 Å². The first kappa shape index (κ1) is 15.8. The van der Waals surface area contributed by atoms with Gasteiger partial charge >= 0.3 is 12.1 Å². The molecule has 19 heavy (non-hydrogen) atoms. The fourth-order valence-electron chi connectivity index (χ4n) is 2.13. The molecule has 0 N–H and O–H groups in total. The Bertz CT molecular complexity index is 322. The van der Waals surface area contributed by atoms with Crippen molar-refractivity contribution >= 4 is 12.1 Å². The summed E-state index contributed by atoms with van der Waals surface area (Å²) in [7, 11) is 0. The van der Waals surface area contributed by atoms with E-state index in [2.05, 4.69) is 0 Å².